The van der Waals surface area contributed by atoms with Crippen LogP contribution in [0.4, 0.5) is 17.1 Å². The fourth-order valence-electron chi connectivity index (χ4n) is 12.8. The Balaban J connectivity index is 1.01. The van der Waals surface area contributed by atoms with E-state index in [9.17, 15) is 0 Å². The van der Waals surface area contributed by atoms with Crippen molar-refractivity contribution in [2.75, 3.05) is 4.90 Å². The van der Waals surface area contributed by atoms with E-state index < -0.39 is 5.41 Å². The Labute approximate surface area is 431 Å². The lowest BCUT2D eigenvalue weighted by atomic mass is 9.70. The van der Waals surface area contributed by atoms with E-state index in [2.05, 4.69) is 290 Å². The Morgan fingerprint density at radius 3 is 1.23 bits per heavy atom. The fraction of sp³-hybridized carbons (Fsp3) is 0.0137. The first-order valence-corrected chi connectivity index (χ1v) is 25.7. The first-order valence-electron chi connectivity index (χ1n) is 25.7. The van der Waals surface area contributed by atoms with Crippen LogP contribution in [0.3, 0.4) is 0 Å². The van der Waals surface area contributed by atoms with E-state index >= 15 is 0 Å². The van der Waals surface area contributed by atoms with Crippen molar-refractivity contribution in [1.29, 1.82) is 0 Å². The highest BCUT2D eigenvalue weighted by Gasteiger charge is 2.51. The quantitative estimate of drug-likeness (QED) is 0.144. The standard InChI is InChI=1S/C73H47N/c1-3-19-48(20-4-1)54-44-55(49-21-5-2-6-22-49)46-56(45-54)51-37-39-57(40-38-51)74(72-66-31-12-10-26-60(66)59-25-9-11-30-65(59)71(72)53-36-35-50-23-7-8-24-52(50)43-53)58-41-42-64-63-29-15-18-34-69(63)73(70(64)47-58)67-32-16-13-27-61(67)62-28-14-17-33-68(62)73/h1-47H. The minimum Gasteiger partial charge on any atom is -0.309 e. The lowest BCUT2D eigenvalue weighted by Gasteiger charge is -2.33. The Morgan fingerprint density at radius 1 is 0.230 bits per heavy atom. The first kappa shape index (κ1) is 42.2. The number of nitrogens with zero attached hydrogens (tertiary/aromatic N) is 1. The summed E-state index contributed by atoms with van der Waals surface area (Å²) in [7, 11) is 0. The molecule has 0 saturated heterocycles. The summed E-state index contributed by atoms with van der Waals surface area (Å²) in [4.78, 5) is 2.57. The van der Waals surface area contributed by atoms with Crippen LogP contribution < -0.4 is 4.90 Å². The van der Waals surface area contributed by atoms with E-state index in [4.69, 9.17) is 0 Å². The third kappa shape index (κ3) is 6.36. The minimum absolute atomic E-state index is 0.502. The summed E-state index contributed by atoms with van der Waals surface area (Å²) >= 11 is 0. The number of hydrogen-bond donors (Lipinski definition) is 0. The highest BCUT2D eigenvalue weighted by molar-refractivity contribution is 6.23. The van der Waals surface area contributed by atoms with Gasteiger partial charge in [0.2, 0.25) is 0 Å². The van der Waals surface area contributed by atoms with Crippen LogP contribution in [-0.4, -0.2) is 0 Å². The van der Waals surface area contributed by atoms with Crippen molar-refractivity contribution >= 4 is 49.4 Å². The molecule has 13 aromatic carbocycles. The second-order valence-corrected chi connectivity index (χ2v) is 19.9. The topological polar surface area (TPSA) is 3.24 Å². The van der Waals surface area contributed by atoms with Crippen LogP contribution in [0, 0.1) is 0 Å². The maximum absolute atomic E-state index is 2.57. The normalized spacial score (nSPS) is 12.7. The van der Waals surface area contributed by atoms with Crippen LogP contribution in [0.5, 0.6) is 0 Å². The summed E-state index contributed by atoms with van der Waals surface area (Å²) in [5, 5.41) is 7.30. The molecule has 0 saturated carbocycles. The molecule has 13 aromatic rings. The van der Waals surface area contributed by atoms with Crippen LogP contribution in [0.15, 0.2) is 285 Å². The largest absolute Gasteiger partial charge is 0.309 e. The van der Waals surface area contributed by atoms with Gasteiger partial charge in [0.15, 0.2) is 0 Å². The van der Waals surface area contributed by atoms with Gasteiger partial charge in [-0.05, 0) is 159 Å². The molecule has 0 fully saturated rings. The second kappa shape index (κ2) is 16.8. The maximum atomic E-state index is 2.57. The zero-order valence-corrected chi connectivity index (χ0v) is 40.6. The van der Waals surface area contributed by atoms with E-state index in [1.165, 1.54) is 116 Å². The number of hydrogen-bond acceptors (Lipinski definition) is 1. The van der Waals surface area contributed by atoms with Crippen molar-refractivity contribution in [3.8, 4) is 66.8 Å². The molecule has 0 atom stereocenters. The summed E-state index contributed by atoms with van der Waals surface area (Å²) in [5.74, 6) is 0. The highest BCUT2D eigenvalue weighted by atomic mass is 15.1. The van der Waals surface area contributed by atoms with Gasteiger partial charge in [0, 0.05) is 22.3 Å². The smallest absolute Gasteiger partial charge is 0.0726 e. The van der Waals surface area contributed by atoms with E-state index in [-0.39, 0.29) is 0 Å². The molecule has 0 aliphatic heterocycles. The molecule has 2 aliphatic carbocycles. The molecule has 0 radical (unpaired) electrons. The molecular weight excluding hydrogens is 891 g/mol. The molecule has 74 heavy (non-hydrogen) atoms. The average molecular weight is 938 g/mol. The summed E-state index contributed by atoms with van der Waals surface area (Å²) in [5.41, 5.74) is 22.8. The van der Waals surface area contributed by atoms with E-state index in [0.717, 1.165) is 22.6 Å². The van der Waals surface area contributed by atoms with Gasteiger partial charge < -0.3 is 4.90 Å². The van der Waals surface area contributed by atoms with Crippen LogP contribution in [0.25, 0.3) is 99.1 Å². The molecule has 1 spiro atoms. The van der Waals surface area contributed by atoms with Crippen molar-refractivity contribution in [2.45, 2.75) is 5.41 Å². The molecule has 0 heterocycles. The van der Waals surface area contributed by atoms with Crippen LogP contribution in [0.2, 0.25) is 0 Å². The molecule has 15 rings (SSSR count). The SMILES string of the molecule is c1ccc(-c2cc(-c3ccccc3)cc(-c3ccc(N(c4ccc5c(c4)C4(c6ccccc6-c6ccccc64)c4ccccc4-5)c4c(-c5ccc6ccccc6c5)c5ccccc5c5ccccc45)cc3)c2)cc1. The van der Waals surface area contributed by atoms with Crippen molar-refractivity contribution in [1.82, 2.24) is 0 Å². The molecule has 1 nitrogen and oxygen atoms in total. The molecule has 2 aliphatic rings. The number of fused-ring (bicyclic) bond motifs is 14. The van der Waals surface area contributed by atoms with Crippen molar-refractivity contribution in [2.24, 2.45) is 0 Å². The Kier molecular flexibility index (Phi) is 9.55. The van der Waals surface area contributed by atoms with Gasteiger partial charge >= 0.3 is 0 Å². The number of rotatable bonds is 7. The van der Waals surface area contributed by atoms with Gasteiger partial charge in [-0.1, -0.05) is 237 Å². The first-order chi connectivity index (χ1) is 36.7. The molecule has 344 valence electrons. The zero-order chi connectivity index (χ0) is 48.7. The molecule has 0 amide bonds. The van der Waals surface area contributed by atoms with Gasteiger partial charge in [-0.25, -0.2) is 0 Å². The third-order valence-electron chi connectivity index (χ3n) is 16.0. The Morgan fingerprint density at radius 2 is 0.649 bits per heavy atom. The maximum Gasteiger partial charge on any atom is 0.0726 e. The summed E-state index contributed by atoms with van der Waals surface area (Å²) < 4.78 is 0. The molecule has 0 bridgehead atoms. The monoisotopic (exact) mass is 937 g/mol. The molecule has 0 aromatic heterocycles. The van der Waals surface area contributed by atoms with Gasteiger partial charge in [0.25, 0.3) is 0 Å². The third-order valence-corrected chi connectivity index (χ3v) is 16.0. The Hall–Kier alpha value is -9.56. The summed E-state index contributed by atoms with van der Waals surface area (Å²) in [6, 6.07) is 106. The Bertz CT molecular complexity index is 4240. The van der Waals surface area contributed by atoms with Crippen molar-refractivity contribution in [3.63, 3.8) is 0 Å². The number of anilines is 3. The van der Waals surface area contributed by atoms with Gasteiger partial charge in [-0.3, -0.25) is 0 Å². The second-order valence-electron chi connectivity index (χ2n) is 19.9. The predicted molar refractivity (Wildman–Crippen MR) is 312 cm³/mol. The highest BCUT2D eigenvalue weighted by Crippen LogP contribution is 2.63. The van der Waals surface area contributed by atoms with E-state index in [1.54, 1.807) is 0 Å². The fourth-order valence-corrected chi connectivity index (χ4v) is 12.8. The zero-order valence-electron chi connectivity index (χ0n) is 40.6. The van der Waals surface area contributed by atoms with Gasteiger partial charge in [0.05, 0.1) is 11.1 Å². The van der Waals surface area contributed by atoms with Crippen LogP contribution in [0.1, 0.15) is 22.3 Å². The van der Waals surface area contributed by atoms with Gasteiger partial charge in [-0.2, -0.15) is 0 Å². The molecule has 1 heteroatoms. The van der Waals surface area contributed by atoms with E-state index in [1.807, 2.05) is 0 Å². The van der Waals surface area contributed by atoms with Gasteiger partial charge in [-0.15, -0.1) is 0 Å². The van der Waals surface area contributed by atoms with Crippen molar-refractivity contribution < 1.29 is 0 Å². The van der Waals surface area contributed by atoms with Crippen LogP contribution in [-0.2, 0) is 5.41 Å². The molecular formula is C73H47N. The lowest BCUT2D eigenvalue weighted by molar-refractivity contribution is 0.793. The lowest BCUT2D eigenvalue weighted by Crippen LogP contribution is -2.26. The minimum atomic E-state index is -0.502. The summed E-state index contributed by atoms with van der Waals surface area (Å²) in [6.07, 6.45) is 0. The van der Waals surface area contributed by atoms with Crippen molar-refractivity contribution in [3.05, 3.63) is 307 Å². The van der Waals surface area contributed by atoms with E-state index in [0.29, 0.717) is 0 Å². The average Bonchev–Trinajstić information content (AvgIpc) is 4.06. The molecule has 0 N–H and O–H groups in total. The summed E-state index contributed by atoms with van der Waals surface area (Å²) in [6.45, 7) is 0. The molecule has 0 unspecified atom stereocenters. The van der Waals surface area contributed by atoms with Gasteiger partial charge in [0.1, 0.15) is 0 Å². The predicted octanol–water partition coefficient (Wildman–Crippen LogP) is 19.6. The number of benzene rings is 13. The van der Waals surface area contributed by atoms with Crippen LogP contribution >= 0.6 is 0 Å².